The Morgan fingerprint density at radius 1 is 0.607 bits per heavy atom. The van der Waals surface area contributed by atoms with E-state index < -0.39 is 0 Å². The lowest BCUT2D eigenvalue weighted by Gasteiger charge is -2.09. The van der Waals surface area contributed by atoms with Crippen LogP contribution in [-0.2, 0) is 0 Å². The molecule has 2 N–H and O–H groups in total. The Kier molecular flexibility index (Phi) is 3.73. The summed E-state index contributed by atoms with van der Waals surface area (Å²) in [6.07, 6.45) is 0. The maximum absolute atomic E-state index is 12.7. The molecule has 28 heavy (non-hydrogen) atoms. The van der Waals surface area contributed by atoms with Gasteiger partial charge in [0.1, 0.15) is 0 Å². The number of aromatic nitrogens is 1. The number of hydrogen-bond acceptors (Lipinski definition) is 2. The first-order chi connectivity index (χ1) is 13.7. The van der Waals surface area contributed by atoms with E-state index in [4.69, 9.17) is 5.73 Å². The van der Waals surface area contributed by atoms with Crippen LogP contribution in [0, 0.1) is 0 Å². The molecule has 0 saturated heterocycles. The number of nitrogens with two attached hydrogens (primary N) is 1. The number of para-hydroxylation sites is 2. The highest BCUT2D eigenvalue weighted by atomic mass is 16.1. The van der Waals surface area contributed by atoms with E-state index >= 15 is 0 Å². The average Bonchev–Trinajstić information content (AvgIpc) is 3.08. The largest absolute Gasteiger partial charge is 0.399 e. The predicted molar refractivity (Wildman–Crippen MR) is 115 cm³/mol. The number of benzene rings is 4. The molecule has 1 heterocycles. The van der Waals surface area contributed by atoms with E-state index in [9.17, 15) is 4.79 Å². The summed E-state index contributed by atoms with van der Waals surface area (Å²) < 4.78 is 2.24. The number of ketones is 1. The number of rotatable bonds is 3. The van der Waals surface area contributed by atoms with Crippen LogP contribution < -0.4 is 5.73 Å². The molecule has 5 rings (SSSR count). The maximum Gasteiger partial charge on any atom is 0.193 e. The zero-order valence-electron chi connectivity index (χ0n) is 15.2. The molecule has 3 nitrogen and oxygen atoms in total. The highest BCUT2D eigenvalue weighted by molar-refractivity contribution is 6.10. The highest BCUT2D eigenvalue weighted by Gasteiger charge is 2.13. The van der Waals surface area contributed by atoms with Crippen molar-refractivity contribution < 1.29 is 4.79 Å². The van der Waals surface area contributed by atoms with E-state index in [0.29, 0.717) is 16.8 Å². The number of carbonyl (C=O) groups is 1. The van der Waals surface area contributed by atoms with Gasteiger partial charge in [0.25, 0.3) is 0 Å². The van der Waals surface area contributed by atoms with Crippen molar-refractivity contribution in [2.45, 2.75) is 0 Å². The number of hydrogen-bond donors (Lipinski definition) is 1. The van der Waals surface area contributed by atoms with E-state index in [2.05, 4.69) is 53.1 Å². The lowest BCUT2D eigenvalue weighted by molar-refractivity contribution is 0.103. The molecule has 3 heteroatoms. The average molecular weight is 362 g/mol. The van der Waals surface area contributed by atoms with Crippen LogP contribution in [0.4, 0.5) is 5.69 Å². The van der Waals surface area contributed by atoms with Gasteiger partial charge in [-0.3, -0.25) is 4.79 Å². The van der Waals surface area contributed by atoms with Crippen LogP contribution in [0.25, 0.3) is 27.5 Å². The van der Waals surface area contributed by atoms with Gasteiger partial charge < -0.3 is 10.3 Å². The molecule has 5 aromatic rings. The van der Waals surface area contributed by atoms with Gasteiger partial charge in [-0.1, -0.05) is 36.4 Å². The molecule has 1 aromatic heterocycles. The molecule has 0 aliphatic carbocycles. The summed E-state index contributed by atoms with van der Waals surface area (Å²) in [5.74, 6) is -0.00577. The molecule has 0 amide bonds. The lowest BCUT2D eigenvalue weighted by atomic mass is 10.0. The van der Waals surface area contributed by atoms with Gasteiger partial charge in [-0.05, 0) is 60.7 Å². The van der Waals surface area contributed by atoms with Gasteiger partial charge in [0, 0.05) is 33.3 Å². The third-order valence-corrected chi connectivity index (χ3v) is 5.14. The smallest absolute Gasteiger partial charge is 0.193 e. The van der Waals surface area contributed by atoms with Crippen LogP contribution in [-0.4, -0.2) is 10.4 Å². The predicted octanol–water partition coefficient (Wildman–Crippen LogP) is 5.60. The summed E-state index contributed by atoms with van der Waals surface area (Å²) in [5, 5.41) is 2.44. The zero-order valence-corrected chi connectivity index (χ0v) is 15.2. The van der Waals surface area contributed by atoms with Crippen molar-refractivity contribution >= 4 is 33.3 Å². The van der Waals surface area contributed by atoms with Gasteiger partial charge in [0.2, 0.25) is 0 Å². The van der Waals surface area contributed by atoms with E-state index in [-0.39, 0.29) is 5.78 Å². The molecule has 0 bridgehead atoms. The van der Waals surface area contributed by atoms with Crippen LogP contribution >= 0.6 is 0 Å². The summed E-state index contributed by atoms with van der Waals surface area (Å²) in [7, 11) is 0. The van der Waals surface area contributed by atoms with Gasteiger partial charge in [0.15, 0.2) is 5.78 Å². The van der Waals surface area contributed by atoms with Crippen molar-refractivity contribution in [2.24, 2.45) is 0 Å². The van der Waals surface area contributed by atoms with Gasteiger partial charge in [-0.2, -0.15) is 0 Å². The molecule has 0 fully saturated rings. The molecular formula is C25H18N2O. The highest BCUT2D eigenvalue weighted by Crippen LogP contribution is 2.31. The summed E-state index contributed by atoms with van der Waals surface area (Å²) in [4.78, 5) is 12.7. The number of fused-ring (bicyclic) bond motifs is 3. The molecule has 4 aromatic carbocycles. The van der Waals surface area contributed by atoms with Crippen molar-refractivity contribution in [3.05, 3.63) is 108 Å². The third-order valence-electron chi connectivity index (χ3n) is 5.14. The van der Waals surface area contributed by atoms with Gasteiger partial charge in [-0.25, -0.2) is 0 Å². The molecule has 0 unspecified atom stereocenters. The molecule has 0 aliphatic heterocycles. The summed E-state index contributed by atoms with van der Waals surface area (Å²) in [6, 6.07) is 31.6. The summed E-state index contributed by atoms with van der Waals surface area (Å²) >= 11 is 0. The van der Waals surface area contributed by atoms with Crippen molar-refractivity contribution in [3.8, 4) is 5.69 Å². The van der Waals surface area contributed by atoms with Gasteiger partial charge in [0.05, 0.1) is 11.0 Å². The first-order valence-corrected chi connectivity index (χ1v) is 9.21. The van der Waals surface area contributed by atoms with Crippen LogP contribution in [0.3, 0.4) is 0 Å². The minimum absolute atomic E-state index is 0.00577. The Balaban J connectivity index is 1.61. The number of anilines is 1. The van der Waals surface area contributed by atoms with Crippen molar-refractivity contribution in [3.63, 3.8) is 0 Å². The fourth-order valence-electron chi connectivity index (χ4n) is 3.76. The normalized spacial score (nSPS) is 11.1. The number of nitrogens with zero attached hydrogens (tertiary/aromatic N) is 1. The standard InChI is InChI=1S/C25H18N2O/c26-19-13-9-17(10-14-19)25(28)18-11-15-20(16-12-18)27-23-7-3-1-5-21(23)22-6-2-4-8-24(22)27/h1-16H,26H2. The molecule has 0 saturated carbocycles. The Hall–Kier alpha value is -3.85. The second kappa shape index (κ2) is 6.39. The SMILES string of the molecule is Nc1ccc(C(=O)c2ccc(-n3c4ccccc4c4ccccc43)cc2)cc1. The van der Waals surface area contributed by atoms with Crippen molar-refractivity contribution in [1.82, 2.24) is 4.57 Å². The Morgan fingerprint density at radius 2 is 1.07 bits per heavy atom. The monoisotopic (exact) mass is 362 g/mol. The number of carbonyl (C=O) groups excluding carboxylic acids is 1. The van der Waals surface area contributed by atoms with Crippen LogP contribution in [0.1, 0.15) is 15.9 Å². The lowest BCUT2D eigenvalue weighted by Crippen LogP contribution is -2.02. The number of nitrogen functional groups attached to an aromatic ring is 1. The molecule has 0 aliphatic rings. The van der Waals surface area contributed by atoms with E-state index in [1.54, 1.807) is 24.3 Å². The maximum atomic E-state index is 12.7. The van der Waals surface area contributed by atoms with E-state index in [0.717, 1.165) is 16.7 Å². The molecule has 134 valence electrons. The molecule has 0 radical (unpaired) electrons. The molecule has 0 spiro atoms. The quantitative estimate of drug-likeness (QED) is 0.336. The summed E-state index contributed by atoms with van der Waals surface area (Å²) in [6.45, 7) is 0. The minimum Gasteiger partial charge on any atom is -0.399 e. The fraction of sp³-hybridized carbons (Fsp3) is 0. The Labute approximate surface area is 162 Å². The second-order valence-electron chi connectivity index (χ2n) is 6.87. The first kappa shape index (κ1) is 16.3. The van der Waals surface area contributed by atoms with Crippen LogP contribution in [0.2, 0.25) is 0 Å². The van der Waals surface area contributed by atoms with E-state index in [1.165, 1.54) is 10.8 Å². The van der Waals surface area contributed by atoms with Crippen LogP contribution in [0.5, 0.6) is 0 Å². The van der Waals surface area contributed by atoms with Crippen molar-refractivity contribution in [2.75, 3.05) is 5.73 Å². The molecule has 0 atom stereocenters. The van der Waals surface area contributed by atoms with Gasteiger partial charge >= 0.3 is 0 Å². The van der Waals surface area contributed by atoms with E-state index in [1.807, 2.05) is 24.3 Å². The minimum atomic E-state index is -0.00577. The Bertz CT molecular complexity index is 1260. The first-order valence-electron chi connectivity index (χ1n) is 9.21. The molecular weight excluding hydrogens is 344 g/mol. The van der Waals surface area contributed by atoms with Crippen molar-refractivity contribution in [1.29, 1.82) is 0 Å². The zero-order chi connectivity index (χ0) is 19.1. The van der Waals surface area contributed by atoms with Gasteiger partial charge in [-0.15, -0.1) is 0 Å². The second-order valence-corrected chi connectivity index (χ2v) is 6.87. The summed E-state index contributed by atoms with van der Waals surface area (Å²) in [5.41, 5.74) is 11.0. The third kappa shape index (κ3) is 2.57. The topological polar surface area (TPSA) is 48.0 Å². The van der Waals surface area contributed by atoms with Crippen LogP contribution in [0.15, 0.2) is 97.1 Å². The Morgan fingerprint density at radius 3 is 1.61 bits per heavy atom. The fourth-order valence-corrected chi connectivity index (χ4v) is 3.76.